The summed E-state index contributed by atoms with van der Waals surface area (Å²) in [6.45, 7) is 7.37. The number of aliphatic carboxylic acids is 1. The molecule has 0 unspecified atom stereocenters. The van der Waals surface area contributed by atoms with Gasteiger partial charge in [-0.3, -0.25) is 4.79 Å². The normalized spacial score (nSPS) is 20.8. The Morgan fingerprint density at radius 2 is 1.77 bits per heavy atom. The number of aryl methyl sites for hydroxylation is 2. The van der Waals surface area contributed by atoms with Crippen molar-refractivity contribution in [3.05, 3.63) is 94.9 Å². The lowest BCUT2D eigenvalue weighted by Gasteiger charge is -2.31. The number of nitrogens with zero attached hydrogens (tertiary/aromatic N) is 3. The fraction of sp³-hybridized carbons (Fsp3) is 0.395. The maximum absolute atomic E-state index is 15.6. The first-order valence-electron chi connectivity index (χ1n) is 17.1. The molecule has 0 amide bonds. The Hall–Kier alpha value is -4.43. The number of hydrogen-bond donors (Lipinski definition) is 2. The molecule has 5 aromatic rings. The molecule has 1 aliphatic rings. The Balaban J connectivity index is 1.53. The van der Waals surface area contributed by atoms with Crippen molar-refractivity contribution < 1.29 is 35.5 Å². The largest absolute Gasteiger partial charge is 0.481 e. The third-order valence-electron chi connectivity index (χ3n) is 10.2. The van der Waals surface area contributed by atoms with Crippen LogP contribution in [-0.4, -0.2) is 59.2 Å². The van der Waals surface area contributed by atoms with Crippen molar-refractivity contribution in [1.29, 1.82) is 0 Å². The number of halogens is 2. The van der Waals surface area contributed by atoms with Crippen molar-refractivity contribution in [2.75, 3.05) is 11.5 Å². The Bertz CT molecular complexity index is 2420. The highest BCUT2D eigenvalue weighted by Crippen LogP contribution is 2.40. The summed E-state index contributed by atoms with van der Waals surface area (Å²) in [6.07, 6.45) is 3.51. The number of aromatic nitrogens is 4. The monoisotopic (exact) mass is 752 g/mol. The number of hydrogen-bond acceptors (Lipinski definition) is 7. The van der Waals surface area contributed by atoms with Crippen molar-refractivity contribution in [3.8, 4) is 11.4 Å². The molecule has 276 valence electrons. The third kappa shape index (κ3) is 7.27. The minimum atomic E-state index is -4.54. The van der Waals surface area contributed by atoms with Crippen LogP contribution < -0.4 is 0 Å². The Morgan fingerprint density at radius 1 is 1.02 bits per heavy atom. The van der Waals surface area contributed by atoms with E-state index in [9.17, 15) is 26.7 Å². The molecule has 0 radical (unpaired) electrons. The zero-order valence-corrected chi connectivity index (χ0v) is 31.3. The predicted octanol–water partition coefficient (Wildman–Crippen LogP) is 6.81. The quantitative estimate of drug-likeness (QED) is 0.190. The second-order valence-electron chi connectivity index (χ2n) is 15.0. The highest BCUT2D eigenvalue weighted by atomic mass is 32.2. The number of carboxylic acids is 1. The fourth-order valence-electron chi connectivity index (χ4n) is 7.21. The SMILES string of the molecule is C[C@@H](Cc1cccc([C@@]2(C)CCCC(C)(C)CS(=O)(=O)CCc3c[nH]c4cc(F)c(cc34)S(=O)(=O)c3ccc(F)c(c3)-c3nc2nn3C)c1)C(=O)O. The molecule has 0 fully saturated rings. The Labute approximate surface area is 302 Å². The maximum Gasteiger partial charge on any atom is 0.306 e. The fourth-order valence-corrected chi connectivity index (χ4v) is 10.6. The summed E-state index contributed by atoms with van der Waals surface area (Å²) >= 11 is 0. The van der Waals surface area contributed by atoms with E-state index in [1.807, 2.05) is 45.0 Å². The first-order valence-corrected chi connectivity index (χ1v) is 20.4. The van der Waals surface area contributed by atoms with Crippen LogP contribution in [0.3, 0.4) is 0 Å². The van der Waals surface area contributed by atoms with Crippen LogP contribution in [0, 0.1) is 23.0 Å². The summed E-state index contributed by atoms with van der Waals surface area (Å²) in [5, 5.41) is 14.6. The molecule has 6 bridgehead atoms. The molecule has 2 atom stereocenters. The van der Waals surface area contributed by atoms with Gasteiger partial charge in [0.15, 0.2) is 21.5 Å². The van der Waals surface area contributed by atoms with Gasteiger partial charge in [0.1, 0.15) is 16.5 Å². The van der Waals surface area contributed by atoms with Gasteiger partial charge in [-0.05, 0) is 85.0 Å². The summed E-state index contributed by atoms with van der Waals surface area (Å²) < 4.78 is 87.5. The van der Waals surface area contributed by atoms with Crippen molar-refractivity contribution in [1.82, 2.24) is 19.7 Å². The highest BCUT2D eigenvalue weighted by Gasteiger charge is 2.36. The van der Waals surface area contributed by atoms with Gasteiger partial charge in [-0.25, -0.2) is 35.3 Å². The number of carboxylic acid groups (broad SMARTS) is 1. The molecule has 10 nitrogen and oxygen atoms in total. The number of nitrogens with one attached hydrogen (secondary N) is 1. The lowest BCUT2D eigenvalue weighted by atomic mass is 9.75. The average Bonchev–Trinajstić information content (AvgIpc) is 3.65. The van der Waals surface area contributed by atoms with Crippen molar-refractivity contribution in [2.24, 2.45) is 18.4 Å². The molecule has 6 rings (SSSR count). The summed E-state index contributed by atoms with van der Waals surface area (Å²) in [5.41, 5.74) is 0.777. The van der Waals surface area contributed by atoms with Crippen LogP contribution in [0.15, 0.2) is 70.6 Å². The van der Waals surface area contributed by atoms with Crippen LogP contribution in [0.25, 0.3) is 22.3 Å². The molecule has 3 aromatic carbocycles. The molecule has 2 aromatic heterocycles. The van der Waals surface area contributed by atoms with E-state index < -0.39 is 58.9 Å². The van der Waals surface area contributed by atoms with Gasteiger partial charge in [0.05, 0.1) is 33.3 Å². The molecule has 0 saturated heterocycles. The molecule has 0 saturated carbocycles. The molecule has 2 N–H and O–H groups in total. The number of benzene rings is 3. The van der Waals surface area contributed by atoms with Crippen LogP contribution in [0.4, 0.5) is 8.78 Å². The number of H-pyrrole nitrogens is 1. The molecular weight excluding hydrogens is 711 g/mol. The van der Waals surface area contributed by atoms with E-state index in [-0.39, 0.29) is 40.6 Å². The highest BCUT2D eigenvalue weighted by molar-refractivity contribution is 7.91. The molecule has 0 spiro atoms. The van der Waals surface area contributed by atoms with E-state index in [4.69, 9.17) is 10.1 Å². The maximum atomic E-state index is 15.6. The number of sulfone groups is 2. The topological polar surface area (TPSA) is 152 Å². The molecule has 0 aliphatic carbocycles. The smallest absolute Gasteiger partial charge is 0.306 e. The first-order chi connectivity index (χ1) is 24.3. The van der Waals surface area contributed by atoms with Gasteiger partial charge in [-0.1, -0.05) is 51.5 Å². The average molecular weight is 753 g/mol. The van der Waals surface area contributed by atoms with Crippen LogP contribution in [-0.2, 0) is 49.8 Å². The number of carbonyl (C=O) groups is 1. The van der Waals surface area contributed by atoms with Gasteiger partial charge in [0.2, 0.25) is 9.84 Å². The molecule has 3 heterocycles. The van der Waals surface area contributed by atoms with Gasteiger partial charge >= 0.3 is 5.97 Å². The van der Waals surface area contributed by atoms with Crippen molar-refractivity contribution in [3.63, 3.8) is 0 Å². The van der Waals surface area contributed by atoms with E-state index >= 15 is 8.78 Å². The summed E-state index contributed by atoms with van der Waals surface area (Å²) in [7, 11) is -6.55. The van der Waals surface area contributed by atoms with Gasteiger partial charge < -0.3 is 10.1 Å². The summed E-state index contributed by atoms with van der Waals surface area (Å²) in [6, 6.07) is 12.9. The van der Waals surface area contributed by atoms with Crippen molar-refractivity contribution >= 4 is 36.5 Å². The van der Waals surface area contributed by atoms with Gasteiger partial charge in [0, 0.05) is 24.1 Å². The van der Waals surface area contributed by atoms with Gasteiger partial charge in [-0.15, -0.1) is 0 Å². The van der Waals surface area contributed by atoms with E-state index in [0.717, 1.165) is 35.4 Å². The second-order valence-corrected chi connectivity index (χ2v) is 19.1. The molecule has 1 aliphatic heterocycles. The Morgan fingerprint density at radius 3 is 2.50 bits per heavy atom. The van der Waals surface area contributed by atoms with Crippen LogP contribution in [0.1, 0.15) is 69.5 Å². The van der Waals surface area contributed by atoms with Gasteiger partial charge in [0.25, 0.3) is 0 Å². The van der Waals surface area contributed by atoms with Crippen LogP contribution >= 0.6 is 0 Å². The van der Waals surface area contributed by atoms with E-state index in [0.29, 0.717) is 41.6 Å². The number of fused-ring (bicyclic) bond motifs is 6. The second kappa shape index (κ2) is 13.5. The third-order valence-corrected chi connectivity index (χ3v) is 14.0. The zero-order chi connectivity index (χ0) is 37.8. The number of aromatic amines is 1. The standard InChI is InChI=1S/C38H42F2N4O6S2/c1-23(35(45)46)16-24-8-6-9-26(17-24)38(4)14-7-13-37(2,3)22-51(47,48)15-12-25-21-41-32-20-31(40)33(19-28(25)32)52(49,50)27-10-11-30(39)29(18-27)34-42-36(38)43-44(34)5/h6,8-11,17-21,23,41H,7,12-16,22H2,1-5H3,(H,45,46)/t23-,38+/m0/s1. The zero-order valence-electron chi connectivity index (χ0n) is 29.7. The first kappa shape index (κ1) is 37.3. The molecular formula is C38H42F2N4O6S2. The minimum absolute atomic E-state index is 0.0519. The minimum Gasteiger partial charge on any atom is -0.481 e. The lowest BCUT2D eigenvalue weighted by Crippen LogP contribution is -2.29. The van der Waals surface area contributed by atoms with E-state index in [1.165, 1.54) is 10.7 Å². The summed E-state index contributed by atoms with van der Waals surface area (Å²) in [5.74, 6) is -3.22. The van der Waals surface area contributed by atoms with E-state index in [2.05, 4.69) is 4.98 Å². The summed E-state index contributed by atoms with van der Waals surface area (Å²) in [4.78, 5) is 18.4. The van der Waals surface area contributed by atoms with Gasteiger partial charge in [-0.2, -0.15) is 5.10 Å². The lowest BCUT2D eigenvalue weighted by molar-refractivity contribution is -0.141. The molecule has 52 heavy (non-hydrogen) atoms. The van der Waals surface area contributed by atoms with Crippen molar-refractivity contribution in [2.45, 2.75) is 75.0 Å². The predicted molar refractivity (Wildman–Crippen MR) is 193 cm³/mol. The van der Waals surface area contributed by atoms with Crippen LogP contribution in [0.2, 0.25) is 0 Å². The molecule has 14 heteroatoms. The number of rotatable bonds is 4. The van der Waals surface area contributed by atoms with E-state index in [1.54, 1.807) is 20.2 Å². The Kier molecular flexibility index (Phi) is 9.71. The van der Waals surface area contributed by atoms with Crippen LogP contribution in [0.5, 0.6) is 0 Å².